The van der Waals surface area contributed by atoms with E-state index in [0.717, 1.165) is 5.56 Å². The molecular formula is C24H25N5O2. The number of carbonyl (C=O) groups is 1. The highest BCUT2D eigenvalue weighted by molar-refractivity contribution is 5.94. The van der Waals surface area contributed by atoms with Crippen molar-refractivity contribution < 1.29 is 9.53 Å². The Kier molecular flexibility index (Phi) is 7.37. The summed E-state index contributed by atoms with van der Waals surface area (Å²) in [5.74, 6) is 0.112. The summed E-state index contributed by atoms with van der Waals surface area (Å²) in [6, 6.07) is 12.2. The van der Waals surface area contributed by atoms with E-state index in [0.29, 0.717) is 23.6 Å². The first kappa shape index (κ1) is 23.4. The van der Waals surface area contributed by atoms with E-state index < -0.39 is 11.6 Å². The Morgan fingerprint density at radius 2 is 1.77 bits per heavy atom. The molecule has 1 heterocycles. The number of nitrogens with two attached hydrogens (primary N) is 1. The highest BCUT2D eigenvalue weighted by Gasteiger charge is 2.38. The average Bonchev–Trinajstić information content (AvgIpc) is 2.97. The Morgan fingerprint density at radius 1 is 1.16 bits per heavy atom. The van der Waals surface area contributed by atoms with E-state index in [1.54, 1.807) is 50.3 Å². The van der Waals surface area contributed by atoms with Gasteiger partial charge < -0.3 is 15.8 Å². The number of allylic oxidation sites excluding steroid dienone is 2. The fourth-order valence-electron chi connectivity index (χ4n) is 3.19. The predicted octanol–water partition coefficient (Wildman–Crippen LogP) is 3.94. The maximum atomic E-state index is 12.2. The van der Waals surface area contributed by atoms with Gasteiger partial charge in [-0.1, -0.05) is 38.1 Å². The van der Waals surface area contributed by atoms with E-state index in [1.165, 1.54) is 0 Å². The molecule has 0 radical (unpaired) electrons. The van der Waals surface area contributed by atoms with E-state index in [4.69, 9.17) is 21.0 Å². The van der Waals surface area contributed by atoms with Crippen LogP contribution in [0.15, 0.2) is 52.8 Å². The van der Waals surface area contributed by atoms with E-state index in [-0.39, 0.29) is 22.8 Å². The van der Waals surface area contributed by atoms with Crippen LogP contribution in [0.2, 0.25) is 0 Å². The van der Waals surface area contributed by atoms with Gasteiger partial charge in [-0.25, -0.2) is 0 Å². The van der Waals surface area contributed by atoms with Crippen LogP contribution in [0.5, 0.6) is 0 Å². The largest absolute Gasteiger partial charge is 0.480 e. The quantitative estimate of drug-likeness (QED) is 0.675. The number of nitriles is 3. The summed E-state index contributed by atoms with van der Waals surface area (Å²) in [7, 11) is 0. The Labute approximate surface area is 182 Å². The first-order chi connectivity index (χ1) is 14.6. The van der Waals surface area contributed by atoms with E-state index >= 15 is 0 Å². The molecule has 0 saturated heterocycles. The smallest absolute Gasteiger partial charge is 0.241 e. The summed E-state index contributed by atoms with van der Waals surface area (Å²) in [5.41, 5.74) is 7.03. The normalized spacial score (nSPS) is 15.8. The summed E-state index contributed by atoms with van der Waals surface area (Å²) in [4.78, 5) is 12.2. The van der Waals surface area contributed by atoms with Crippen molar-refractivity contribution in [3.63, 3.8) is 0 Å². The lowest BCUT2D eigenvalue weighted by atomic mass is 9.94. The van der Waals surface area contributed by atoms with Crippen LogP contribution < -0.4 is 11.1 Å². The maximum Gasteiger partial charge on any atom is 0.241 e. The minimum Gasteiger partial charge on any atom is -0.480 e. The van der Waals surface area contributed by atoms with Gasteiger partial charge in [0, 0.05) is 11.3 Å². The Bertz CT molecular complexity index is 1050. The monoisotopic (exact) mass is 415 g/mol. The number of nitrogens with zero attached hydrogens (tertiary/aromatic N) is 3. The van der Waals surface area contributed by atoms with Crippen molar-refractivity contribution in [3.8, 4) is 18.2 Å². The summed E-state index contributed by atoms with van der Waals surface area (Å²) in [5, 5.41) is 30.6. The van der Waals surface area contributed by atoms with Crippen LogP contribution in [-0.4, -0.2) is 17.6 Å². The highest BCUT2D eigenvalue weighted by Crippen LogP contribution is 2.40. The molecule has 1 amide bonds. The zero-order valence-electron chi connectivity index (χ0n) is 18.1. The molecule has 0 unspecified atom stereocenters. The number of anilines is 1. The lowest BCUT2D eigenvalue weighted by molar-refractivity contribution is -0.117. The van der Waals surface area contributed by atoms with Crippen LogP contribution in [0.1, 0.15) is 39.7 Å². The summed E-state index contributed by atoms with van der Waals surface area (Å²) >= 11 is 0. The first-order valence-corrected chi connectivity index (χ1v) is 9.86. The molecule has 0 spiro atoms. The summed E-state index contributed by atoms with van der Waals surface area (Å²) < 4.78 is 5.74. The molecule has 1 aliphatic heterocycles. The van der Waals surface area contributed by atoms with E-state index in [9.17, 15) is 10.1 Å². The highest BCUT2D eigenvalue weighted by atomic mass is 16.5. The van der Waals surface area contributed by atoms with Crippen LogP contribution in [0.3, 0.4) is 0 Å². The molecule has 1 aliphatic rings. The number of amides is 1. The standard InChI is InChI=1S/C24H25N5O2/c1-15(2)11-21(28)23(30)29-18-8-5-16(6-9-18)7-10-20-19(14-27)22(17(12-25)13-26)31-24(20,3)4/h5-10,15,21H,11,28H2,1-4H3,(H,29,30)/b10-7+/t21-/m0/s1. The van der Waals surface area contributed by atoms with Gasteiger partial charge in [0.25, 0.3) is 0 Å². The second-order valence-corrected chi connectivity index (χ2v) is 8.12. The Balaban J connectivity index is 2.24. The summed E-state index contributed by atoms with van der Waals surface area (Å²) in [6.07, 6.45) is 4.15. The predicted molar refractivity (Wildman–Crippen MR) is 118 cm³/mol. The van der Waals surface area contributed by atoms with E-state index in [2.05, 4.69) is 5.32 Å². The molecule has 31 heavy (non-hydrogen) atoms. The third kappa shape index (κ3) is 5.60. The van der Waals surface area contributed by atoms with E-state index in [1.807, 2.05) is 32.0 Å². The van der Waals surface area contributed by atoms with Gasteiger partial charge in [-0.3, -0.25) is 4.79 Å². The molecule has 0 saturated carbocycles. The minimum absolute atomic E-state index is 0.00736. The molecule has 7 heteroatoms. The molecule has 0 aliphatic carbocycles. The maximum absolute atomic E-state index is 12.2. The molecule has 0 fully saturated rings. The second-order valence-electron chi connectivity index (χ2n) is 8.12. The molecule has 0 aromatic heterocycles. The zero-order valence-corrected chi connectivity index (χ0v) is 18.1. The molecule has 3 N–H and O–H groups in total. The summed E-state index contributed by atoms with van der Waals surface area (Å²) in [6.45, 7) is 7.56. The van der Waals surface area contributed by atoms with Crippen LogP contribution in [0, 0.1) is 39.9 Å². The van der Waals surface area contributed by atoms with Crippen LogP contribution in [-0.2, 0) is 9.53 Å². The fraction of sp³-hybridized carbons (Fsp3) is 0.333. The third-order valence-corrected chi connectivity index (χ3v) is 4.75. The van der Waals surface area contributed by atoms with Crippen molar-refractivity contribution in [2.24, 2.45) is 11.7 Å². The lowest BCUT2D eigenvalue weighted by Crippen LogP contribution is -2.36. The lowest BCUT2D eigenvalue weighted by Gasteiger charge is -2.20. The number of rotatable bonds is 6. The number of hydrogen-bond acceptors (Lipinski definition) is 6. The van der Waals surface area contributed by atoms with Gasteiger partial charge in [-0.05, 0) is 43.9 Å². The second kappa shape index (κ2) is 9.76. The molecule has 1 aromatic carbocycles. The van der Waals surface area contributed by atoms with Gasteiger partial charge >= 0.3 is 0 Å². The SMILES string of the molecule is CC(C)C[C@H](N)C(=O)Nc1ccc(/C=C/C2=C(C#N)C(=C(C#N)C#N)OC2(C)C)cc1. The number of hydrogen-bond donors (Lipinski definition) is 2. The van der Waals surface area contributed by atoms with Crippen molar-refractivity contribution >= 4 is 17.7 Å². The molecule has 0 bridgehead atoms. The fourth-order valence-corrected chi connectivity index (χ4v) is 3.19. The van der Waals surface area contributed by atoms with Crippen molar-refractivity contribution in [3.05, 3.63) is 58.4 Å². The molecule has 7 nitrogen and oxygen atoms in total. The van der Waals surface area contributed by atoms with Gasteiger partial charge in [0.2, 0.25) is 5.91 Å². The average molecular weight is 415 g/mol. The number of nitrogens with one attached hydrogen (secondary N) is 1. The van der Waals surface area contributed by atoms with Crippen molar-refractivity contribution in [1.82, 2.24) is 0 Å². The molecular weight excluding hydrogens is 390 g/mol. The van der Waals surface area contributed by atoms with Gasteiger partial charge in [-0.15, -0.1) is 0 Å². The Hall–Kier alpha value is -3.86. The minimum atomic E-state index is -0.865. The third-order valence-electron chi connectivity index (χ3n) is 4.75. The van der Waals surface area contributed by atoms with Crippen LogP contribution >= 0.6 is 0 Å². The van der Waals surface area contributed by atoms with Gasteiger partial charge in [0.1, 0.15) is 29.4 Å². The van der Waals surface area contributed by atoms with Gasteiger partial charge in [-0.2, -0.15) is 15.8 Å². The molecule has 1 aromatic rings. The van der Waals surface area contributed by atoms with Crippen LogP contribution in [0.25, 0.3) is 6.08 Å². The zero-order chi connectivity index (χ0) is 23.2. The van der Waals surface area contributed by atoms with Crippen LogP contribution in [0.4, 0.5) is 5.69 Å². The first-order valence-electron chi connectivity index (χ1n) is 9.86. The number of benzene rings is 1. The van der Waals surface area contributed by atoms with Crippen molar-refractivity contribution in [2.45, 2.75) is 45.8 Å². The molecule has 2 rings (SSSR count). The molecule has 1 atom stereocenters. The molecule has 158 valence electrons. The van der Waals surface area contributed by atoms with Crippen molar-refractivity contribution in [1.29, 1.82) is 15.8 Å². The topological polar surface area (TPSA) is 136 Å². The van der Waals surface area contributed by atoms with Gasteiger partial charge in [0.15, 0.2) is 11.3 Å². The number of carbonyl (C=O) groups excluding carboxylic acids is 1. The van der Waals surface area contributed by atoms with Gasteiger partial charge in [0.05, 0.1) is 6.04 Å². The van der Waals surface area contributed by atoms with Crippen molar-refractivity contribution in [2.75, 3.05) is 5.32 Å². The Morgan fingerprint density at radius 3 is 2.29 bits per heavy atom. The number of ether oxygens (including phenoxy) is 1.